The number of rotatable bonds is 5. The van der Waals surface area contributed by atoms with E-state index in [4.69, 9.17) is 4.74 Å². The minimum absolute atomic E-state index is 0.117. The number of nitrogens with zero attached hydrogens (tertiary/aromatic N) is 1. The van der Waals surface area contributed by atoms with Crippen LogP contribution in [0.2, 0.25) is 0 Å². The van der Waals surface area contributed by atoms with E-state index < -0.39 is 17.8 Å². The van der Waals surface area contributed by atoms with E-state index in [1.165, 1.54) is 12.1 Å². The second-order valence-corrected chi connectivity index (χ2v) is 6.36. The van der Waals surface area contributed by atoms with Crippen molar-refractivity contribution in [1.29, 1.82) is 0 Å². The van der Waals surface area contributed by atoms with E-state index in [9.17, 15) is 13.6 Å². The van der Waals surface area contributed by atoms with Gasteiger partial charge in [-0.15, -0.1) is 0 Å². The largest absolute Gasteiger partial charge is 0.494 e. The number of fused-ring (bicyclic) bond motifs is 1. The molecule has 6 heteroatoms. The van der Waals surface area contributed by atoms with E-state index in [2.05, 4.69) is 5.32 Å². The number of hydrogen-bond donors (Lipinski definition) is 1. The number of ether oxygens (including phenoxy) is 1. The van der Waals surface area contributed by atoms with Crippen LogP contribution in [0.15, 0.2) is 66.7 Å². The van der Waals surface area contributed by atoms with Gasteiger partial charge in [0.2, 0.25) is 0 Å². The molecule has 0 aromatic heterocycles. The van der Waals surface area contributed by atoms with Gasteiger partial charge in [-0.05, 0) is 49.4 Å². The molecule has 1 amide bonds. The molecule has 142 valence electrons. The number of benzene rings is 3. The van der Waals surface area contributed by atoms with Gasteiger partial charge < -0.3 is 10.1 Å². The Morgan fingerprint density at radius 1 is 1.04 bits per heavy atom. The zero-order valence-electron chi connectivity index (χ0n) is 15.2. The van der Waals surface area contributed by atoms with Crippen LogP contribution in [0.1, 0.15) is 29.0 Å². The fourth-order valence-corrected chi connectivity index (χ4v) is 3.35. The van der Waals surface area contributed by atoms with Crippen molar-refractivity contribution < 1.29 is 18.3 Å². The van der Waals surface area contributed by atoms with E-state index in [0.717, 1.165) is 11.6 Å². The molecular weight excluding hydrogens is 362 g/mol. The van der Waals surface area contributed by atoms with Crippen LogP contribution < -0.4 is 15.0 Å². The summed E-state index contributed by atoms with van der Waals surface area (Å²) in [5.41, 5.74) is 2.03. The minimum Gasteiger partial charge on any atom is -0.494 e. The van der Waals surface area contributed by atoms with Crippen LogP contribution in [0.4, 0.5) is 20.2 Å². The topological polar surface area (TPSA) is 41.6 Å². The van der Waals surface area contributed by atoms with Gasteiger partial charge >= 0.3 is 0 Å². The van der Waals surface area contributed by atoms with Gasteiger partial charge in [-0.3, -0.25) is 9.69 Å². The molecule has 28 heavy (non-hydrogen) atoms. The smallest absolute Gasteiger partial charge is 0.260 e. The zero-order valence-corrected chi connectivity index (χ0v) is 15.2. The summed E-state index contributed by atoms with van der Waals surface area (Å²) in [6.07, 6.45) is -0.624. The molecule has 1 aliphatic rings. The van der Waals surface area contributed by atoms with Crippen molar-refractivity contribution in [3.8, 4) is 5.75 Å². The predicted octanol–water partition coefficient (Wildman–Crippen LogP) is 5.13. The van der Waals surface area contributed by atoms with Crippen LogP contribution in [-0.2, 0) is 0 Å². The first kappa shape index (κ1) is 18.0. The maximum Gasteiger partial charge on any atom is 0.260 e. The molecule has 0 bridgehead atoms. The van der Waals surface area contributed by atoms with Gasteiger partial charge in [0.05, 0.1) is 12.3 Å². The van der Waals surface area contributed by atoms with Gasteiger partial charge in [0.25, 0.3) is 5.91 Å². The summed E-state index contributed by atoms with van der Waals surface area (Å²) in [5, 5.41) is 3.04. The number of halogens is 2. The normalized spacial score (nSPS) is 15.5. The molecule has 1 unspecified atom stereocenters. The van der Waals surface area contributed by atoms with Crippen LogP contribution in [0.3, 0.4) is 0 Å². The Morgan fingerprint density at radius 3 is 2.50 bits per heavy atom. The lowest BCUT2D eigenvalue weighted by Crippen LogP contribution is -2.32. The number of hydrogen-bond acceptors (Lipinski definition) is 3. The first-order chi connectivity index (χ1) is 13.6. The molecular formula is C22H18F2N2O2. The highest BCUT2D eigenvalue weighted by molar-refractivity contribution is 6.11. The highest BCUT2D eigenvalue weighted by Gasteiger charge is 2.37. The first-order valence-electron chi connectivity index (χ1n) is 8.95. The third-order valence-electron chi connectivity index (χ3n) is 4.61. The molecule has 0 fully saturated rings. The van der Waals surface area contributed by atoms with E-state index in [1.54, 1.807) is 41.3 Å². The molecule has 3 aromatic rings. The van der Waals surface area contributed by atoms with Crippen molar-refractivity contribution in [1.82, 2.24) is 0 Å². The molecule has 3 aromatic carbocycles. The van der Waals surface area contributed by atoms with E-state index in [1.807, 2.05) is 19.1 Å². The fourth-order valence-electron chi connectivity index (χ4n) is 3.35. The van der Waals surface area contributed by atoms with Gasteiger partial charge in [0.15, 0.2) is 0 Å². The minimum atomic E-state index is -0.719. The molecule has 0 saturated heterocycles. The SMILES string of the molecule is CCOc1ccc(N2C(=O)c3ccccc3C2Nc2ccc(F)cc2F)cc1. The van der Waals surface area contributed by atoms with Gasteiger partial charge in [-0.1, -0.05) is 18.2 Å². The summed E-state index contributed by atoms with van der Waals surface area (Å²) in [4.78, 5) is 14.6. The summed E-state index contributed by atoms with van der Waals surface area (Å²) in [5.74, 6) is -0.873. The lowest BCUT2D eigenvalue weighted by Gasteiger charge is -2.27. The molecule has 4 rings (SSSR count). The number of anilines is 2. The predicted molar refractivity (Wildman–Crippen MR) is 104 cm³/mol. The first-order valence-corrected chi connectivity index (χ1v) is 8.95. The molecule has 1 aliphatic heterocycles. The molecule has 0 aliphatic carbocycles. The molecule has 0 spiro atoms. The van der Waals surface area contributed by atoms with Gasteiger partial charge in [-0.2, -0.15) is 0 Å². The number of amides is 1. The van der Waals surface area contributed by atoms with Crippen molar-refractivity contribution in [3.63, 3.8) is 0 Å². The summed E-state index contributed by atoms with van der Waals surface area (Å²) in [7, 11) is 0. The molecule has 4 nitrogen and oxygen atoms in total. The van der Waals surface area contributed by atoms with Crippen molar-refractivity contribution in [2.24, 2.45) is 0 Å². The average molecular weight is 380 g/mol. The highest BCUT2D eigenvalue weighted by atomic mass is 19.1. The third kappa shape index (κ3) is 3.17. The Morgan fingerprint density at radius 2 is 1.79 bits per heavy atom. The number of nitrogens with one attached hydrogen (secondary N) is 1. The van der Waals surface area contributed by atoms with Crippen LogP contribution in [0, 0.1) is 11.6 Å². The lowest BCUT2D eigenvalue weighted by molar-refractivity contribution is 0.0993. The Kier molecular flexibility index (Phi) is 4.69. The van der Waals surface area contributed by atoms with Gasteiger partial charge in [0.1, 0.15) is 23.5 Å². The zero-order chi connectivity index (χ0) is 19.7. The maximum atomic E-state index is 14.2. The molecule has 0 saturated carbocycles. The summed E-state index contributed by atoms with van der Waals surface area (Å²) < 4.78 is 32.9. The maximum absolute atomic E-state index is 14.2. The highest BCUT2D eigenvalue weighted by Crippen LogP contribution is 2.38. The van der Waals surface area contributed by atoms with Crippen LogP contribution in [0.5, 0.6) is 5.75 Å². The Labute approximate surface area is 161 Å². The number of carbonyl (C=O) groups is 1. The Bertz CT molecular complexity index is 1020. The molecule has 0 radical (unpaired) electrons. The fraction of sp³-hybridized carbons (Fsp3) is 0.136. The second-order valence-electron chi connectivity index (χ2n) is 6.36. The van der Waals surface area contributed by atoms with Crippen LogP contribution in [0.25, 0.3) is 0 Å². The molecule has 1 N–H and O–H groups in total. The monoisotopic (exact) mass is 380 g/mol. The lowest BCUT2D eigenvalue weighted by atomic mass is 10.1. The van der Waals surface area contributed by atoms with Crippen LogP contribution >= 0.6 is 0 Å². The molecule has 1 heterocycles. The Hall–Kier alpha value is -3.41. The van der Waals surface area contributed by atoms with Gasteiger partial charge in [0, 0.05) is 22.9 Å². The standard InChI is InChI=1S/C22H18F2N2O2/c1-2-28-16-10-8-15(9-11-16)26-21(17-5-3-4-6-18(17)22(26)27)25-20-12-7-14(23)13-19(20)24/h3-13,21,25H,2H2,1H3. The van der Waals surface area contributed by atoms with Crippen molar-refractivity contribution in [2.45, 2.75) is 13.1 Å². The van der Waals surface area contributed by atoms with Crippen molar-refractivity contribution in [2.75, 3.05) is 16.8 Å². The Balaban J connectivity index is 1.74. The van der Waals surface area contributed by atoms with E-state index >= 15 is 0 Å². The van der Waals surface area contributed by atoms with Crippen LogP contribution in [-0.4, -0.2) is 12.5 Å². The summed E-state index contributed by atoms with van der Waals surface area (Å²) in [6, 6.07) is 17.6. The van der Waals surface area contributed by atoms with E-state index in [-0.39, 0.29) is 11.6 Å². The summed E-state index contributed by atoms with van der Waals surface area (Å²) in [6.45, 7) is 2.44. The van der Waals surface area contributed by atoms with E-state index in [0.29, 0.717) is 23.6 Å². The average Bonchev–Trinajstić information content (AvgIpc) is 2.97. The second kappa shape index (κ2) is 7.31. The van der Waals surface area contributed by atoms with Gasteiger partial charge in [-0.25, -0.2) is 8.78 Å². The van der Waals surface area contributed by atoms with Crippen molar-refractivity contribution >= 4 is 17.3 Å². The third-order valence-corrected chi connectivity index (χ3v) is 4.61. The number of carbonyl (C=O) groups excluding carboxylic acids is 1. The summed E-state index contributed by atoms with van der Waals surface area (Å²) >= 11 is 0. The quantitative estimate of drug-likeness (QED) is 0.667. The van der Waals surface area contributed by atoms with Crippen molar-refractivity contribution in [3.05, 3.63) is 89.5 Å². The molecule has 1 atom stereocenters.